The van der Waals surface area contributed by atoms with E-state index in [1.807, 2.05) is 24.3 Å². The van der Waals surface area contributed by atoms with E-state index < -0.39 is 4.92 Å². The van der Waals surface area contributed by atoms with E-state index >= 15 is 0 Å². The summed E-state index contributed by atoms with van der Waals surface area (Å²) in [5, 5.41) is 17.8. The molecule has 1 aromatic heterocycles. The molecule has 0 aliphatic carbocycles. The molecule has 1 aliphatic heterocycles. The lowest BCUT2D eigenvalue weighted by Gasteiger charge is -2.11. The lowest BCUT2D eigenvalue weighted by Crippen LogP contribution is -2.08. The maximum absolute atomic E-state index is 11.8. The van der Waals surface area contributed by atoms with Crippen LogP contribution >= 0.6 is 0 Å². The maximum atomic E-state index is 11.8. The molecule has 2 aromatic carbocycles. The summed E-state index contributed by atoms with van der Waals surface area (Å²) in [4.78, 5) is 19.4. The second kappa shape index (κ2) is 9.82. The first-order valence-corrected chi connectivity index (χ1v) is 10.3. The highest BCUT2D eigenvalue weighted by atomic mass is 16.7. The number of hydrogen-bond acceptors (Lipinski definition) is 9. The van der Waals surface area contributed by atoms with E-state index in [4.69, 9.17) is 14.2 Å². The number of hydrogen-bond donors (Lipinski definition) is 2. The zero-order valence-corrected chi connectivity index (χ0v) is 17.5. The lowest BCUT2D eigenvalue weighted by atomic mass is 10.2. The van der Waals surface area contributed by atoms with Crippen LogP contribution in [0.3, 0.4) is 0 Å². The monoisotopic (exact) mass is 437 g/mol. The van der Waals surface area contributed by atoms with Crippen LogP contribution in [0.4, 0.5) is 23.0 Å². The van der Waals surface area contributed by atoms with Crippen molar-refractivity contribution < 1.29 is 19.1 Å². The van der Waals surface area contributed by atoms with Gasteiger partial charge >= 0.3 is 5.69 Å². The minimum absolute atomic E-state index is 0.0952. The highest BCUT2D eigenvalue weighted by Gasteiger charge is 2.23. The van der Waals surface area contributed by atoms with E-state index in [1.165, 1.54) is 6.33 Å². The molecule has 0 saturated heterocycles. The fraction of sp³-hybridized carbons (Fsp3) is 0.273. The lowest BCUT2D eigenvalue weighted by molar-refractivity contribution is -0.383. The van der Waals surface area contributed by atoms with E-state index in [0.29, 0.717) is 30.3 Å². The molecular formula is C22H23N5O5. The molecule has 0 amide bonds. The van der Waals surface area contributed by atoms with Gasteiger partial charge in [0.15, 0.2) is 11.5 Å². The molecule has 0 atom stereocenters. The number of nitrogens with zero attached hydrogens (tertiary/aromatic N) is 3. The van der Waals surface area contributed by atoms with Crippen molar-refractivity contribution in [3.8, 4) is 17.2 Å². The van der Waals surface area contributed by atoms with Crippen molar-refractivity contribution in [3.63, 3.8) is 0 Å². The molecule has 166 valence electrons. The van der Waals surface area contributed by atoms with Gasteiger partial charge in [0, 0.05) is 12.2 Å². The number of unbranched alkanes of at least 4 members (excludes halogenated alkanes) is 1. The minimum atomic E-state index is -0.507. The summed E-state index contributed by atoms with van der Waals surface area (Å²) in [6, 6.07) is 12.7. The molecule has 2 N–H and O–H groups in total. The first-order valence-electron chi connectivity index (χ1n) is 10.3. The Morgan fingerprint density at radius 3 is 2.66 bits per heavy atom. The summed E-state index contributed by atoms with van der Waals surface area (Å²) in [7, 11) is 0. The summed E-state index contributed by atoms with van der Waals surface area (Å²) in [6.45, 7) is 3.25. The van der Waals surface area contributed by atoms with Crippen LogP contribution in [0.2, 0.25) is 0 Å². The number of anilines is 3. The molecule has 10 heteroatoms. The average Bonchev–Trinajstić information content (AvgIpc) is 3.27. The number of nitro groups is 1. The fourth-order valence-electron chi connectivity index (χ4n) is 3.11. The Kier molecular flexibility index (Phi) is 6.49. The number of fused-ring (bicyclic) bond motifs is 1. The molecule has 0 radical (unpaired) electrons. The van der Waals surface area contributed by atoms with Crippen LogP contribution < -0.4 is 24.8 Å². The summed E-state index contributed by atoms with van der Waals surface area (Å²) in [5.41, 5.74) is 1.28. The first kappa shape index (κ1) is 21.2. The quantitative estimate of drug-likeness (QED) is 0.265. The normalized spacial score (nSPS) is 11.8. The van der Waals surface area contributed by atoms with Crippen molar-refractivity contribution in [2.45, 2.75) is 26.3 Å². The highest BCUT2D eigenvalue weighted by molar-refractivity contribution is 5.73. The number of benzene rings is 2. The SMILES string of the molecule is CCCCOc1ccc(Nc2ncnc(NCc3ccc4c(c3)OCO4)c2[N+](=O)[O-])cc1. The topological polar surface area (TPSA) is 121 Å². The van der Waals surface area contributed by atoms with E-state index in [0.717, 1.165) is 24.2 Å². The second-order valence-corrected chi connectivity index (χ2v) is 7.07. The molecule has 0 fully saturated rings. The van der Waals surface area contributed by atoms with Crippen molar-refractivity contribution in [2.75, 3.05) is 24.0 Å². The van der Waals surface area contributed by atoms with Crippen LogP contribution in [0.15, 0.2) is 48.8 Å². The minimum Gasteiger partial charge on any atom is -0.494 e. The van der Waals surface area contributed by atoms with Crippen LogP contribution in [0, 0.1) is 10.1 Å². The second-order valence-electron chi connectivity index (χ2n) is 7.07. The molecule has 1 aliphatic rings. The van der Waals surface area contributed by atoms with Gasteiger partial charge in [-0.15, -0.1) is 0 Å². The third-order valence-electron chi connectivity index (χ3n) is 4.79. The van der Waals surface area contributed by atoms with Crippen LogP contribution in [0.1, 0.15) is 25.3 Å². The molecule has 0 saturated carbocycles. The summed E-state index contributed by atoms with van der Waals surface area (Å²) < 4.78 is 16.3. The van der Waals surface area contributed by atoms with Gasteiger partial charge in [0.25, 0.3) is 0 Å². The average molecular weight is 437 g/mol. The Labute approximate surface area is 184 Å². The van der Waals surface area contributed by atoms with Gasteiger partial charge in [-0.3, -0.25) is 10.1 Å². The van der Waals surface area contributed by atoms with E-state index in [-0.39, 0.29) is 24.1 Å². The third kappa shape index (κ3) is 4.97. The van der Waals surface area contributed by atoms with Gasteiger partial charge in [-0.2, -0.15) is 0 Å². The Bertz CT molecular complexity index is 1090. The number of rotatable bonds is 10. The predicted octanol–water partition coefficient (Wildman–Crippen LogP) is 4.65. The van der Waals surface area contributed by atoms with Gasteiger partial charge in [0.05, 0.1) is 11.5 Å². The molecule has 32 heavy (non-hydrogen) atoms. The summed E-state index contributed by atoms with van der Waals surface area (Å²) in [6.07, 6.45) is 3.32. The van der Waals surface area contributed by atoms with Crippen molar-refractivity contribution >= 4 is 23.0 Å². The summed E-state index contributed by atoms with van der Waals surface area (Å²) >= 11 is 0. The molecular weight excluding hydrogens is 414 g/mol. The Hall–Kier alpha value is -4.08. The first-order chi connectivity index (χ1) is 15.6. The Morgan fingerprint density at radius 2 is 1.88 bits per heavy atom. The molecule has 4 rings (SSSR count). The van der Waals surface area contributed by atoms with E-state index in [1.54, 1.807) is 18.2 Å². The molecule has 0 unspecified atom stereocenters. The van der Waals surface area contributed by atoms with Crippen molar-refractivity contribution in [2.24, 2.45) is 0 Å². The number of nitrogens with one attached hydrogen (secondary N) is 2. The predicted molar refractivity (Wildman–Crippen MR) is 119 cm³/mol. The summed E-state index contributed by atoms with van der Waals surface area (Å²) in [5.74, 6) is 2.27. The maximum Gasteiger partial charge on any atom is 0.353 e. The molecule has 0 spiro atoms. The number of ether oxygens (including phenoxy) is 3. The zero-order chi connectivity index (χ0) is 22.3. The van der Waals surface area contributed by atoms with Crippen molar-refractivity contribution in [1.29, 1.82) is 0 Å². The standard InChI is InChI=1S/C22H23N5O5/c1-2-3-10-30-17-7-5-16(6-8-17)26-22-20(27(28)29)21(24-13-25-22)23-12-15-4-9-18-19(11-15)32-14-31-18/h4-9,11,13H,2-3,10,12,14H2,1H3,(H2,23,24,25,26). The zero-order valence-electron chi connectivity index (χ0n) is 17.5. The molecule has 0 bridgehead atoms. The van der Waals surface area contributed by atoms with Crippen molar-refractivity contribution in [1.82, 2.24) is 9.97 Å². The molecule has 2 heterocycles. The van der Waals surface area contributed by atoms with Crippen LogP contribution in [-0.2, 0) is 6.54 Å². The highest BCUT2D eigenvalue weighted by Crippen LogP contribution is 2.34. The molecule has 3 aromatic rings. The van der Waals surface area contributed by atoms with Gasteiger partial charge in [-0.25, -0.2) is 9.97 Å². The Balaban J connectivity index is 1.47. The van der Waals surface area contributed by atoms with Gasteiger partial charge in [0.1, 0.15) is 12.1 Å². The smallest absolute Gasteiger partial charge is 0.353 e. The number of aromatic nitrogens is 2. The van der Waals surface area contributed by atoms with Gasteiger partial charge in [-0.05, 0) is 48.4 Å². The van der Waals surface area contributed by atoms with Crippen LogP contribution in [-0.4, -0.2) is 28.3 Å². The van der Waals surface area contributed by atoms with Gasteiger partial charge in [0.2, 0.25) is 18.4 Å². The third-order valence-corrected chi connectivity index (χ3v) is 4.79. The van der Waals surface area contributed by atoms with Crippen LogP contribution in [0.25, 0.3) is 0 Å². The Morgan fingerprint density at radius 1 is 1.09 bits per heavy atom. The van der Waals surface area contributed by atoms with Crippen LogP contribution in [0.5, 0.6) is 17.2 Å². The van der Waals surface area contributed by atoms with E-state index in [2.05, 4.69) is 27.5 Å². The largest absolute Gasteiger partial charge is 0.494 e. The van der Waals surface area contributed by atoms with Crippen molar-refractivity contribution in [3.05, 3.63) is 64.5 Å². The fourth-order valence-corrected chi connectivity index (χ4v) is 3.11. The van der Waals surface area contributed by atoms with E-state index in [9.17, 15) is 10.1 Å². The molecule has 10 nitrogen and oxygen atoms in total. The van der Waals surface area contributed by atoms with Gasteiger partial charge in [-0.1, -0.05) is 19.4 Å². The van der Waals surface area contributed by atoms with Gasteiger partial charge < -0.3 is 24.8 Å².